The van der Waals surface area contributed by atoms with Crippen LogP contribution in [0.3, 0.4) is 0 Å². The van der Waals surface area contributed by atoms with Crippen LogP contribution in [-0.4, -0.2) is 62.0 Å². The molecule has 1 aliphatic rings. The van der Waals surface area contributed by atoms with Crippen LogP contribution in [0.25, 0.3) is 0 Å². The third-order valence-electron chi connectivity index (χ3n) is 3.41. The van der Waals surface area contributed by atoms with Gasteiger partial charge < -0.3 is 15.5 Å². The second kappa shape index (κ2) is 8.30. The van der Waals surface area contributed by atoms with Crippen molar-refractivity contribution in [3.8, 4) is 0 Å². The number of nitrogens with one attached hydrogen (secondary N) is 2. The van der Waals surface area contributed by atoms with Gasteiger partial charge in [0.15, 0.2) is 5.96 Å². The Balaban J connectivity index is 2.25. The van der Waals surface area contributed by atoms with Crippen LogP contribution in [0.15, 0.2) is 4.99 Å². The van der Waals surface area contributed by atoms with Crippen molar-refractivity contribution in [2.45, 2.75) is 37.0 Å². The summed E-state index contributed by atoms with van der Waals surface area (Å²) in [6, 6.07) is 0.508. The minimum absolute atomic E-state index is 0.131. The number of aliphatic imine (C=N–C) groups is 1. The Morgan fingerprint density at radius 3 is 2.68 bits per heavy atom. The lowest BCUT2D eigenvalue weighted by molar-refractivity contribution is -0.128. The van der Waals surface area contributed by atoms with E-state index >= 15 is 0 Å². The summed E-state index contributed by atoms with van der Waals surface area (Å²) in [5.74, 6) is 0.935. The van der Waals surface area contributed by atoms with E-state index in [0.29, 0.717) is 19.0 Å². The maximum Gasteiger partial charge on any atom is 0.223 e. The predicted octanol–water partition coefficient (Wildman–Crippen LogP) is 0.914. The first-order valence-electron chi connectivity index (χ1n) is 6.77. The van der Waals surface area contributed by atoms with Crippen molar-refractivity contribution in [3.05, 3.63) is 0 Å². The number of thioether (sulfide) groups is 1. The van der Waals surface area contributed by atoms with Crippen molar-refractivity contribution in [1.82, 2.24) is 15.5 Å². The first-order valence-corrected chi connectivity index (χ1v) is 8.05. The van der Waals surface area contributed by atoms with Crippen LogP contribution in [0.5, 0.6) is 0 Å². The minimum atomic E-state index is 0.131. The molecule has 19 heavy (non-hydrogen) atoms. The topological polar surface area (TPSA) is 56.7 Å². The number of hydrogen-bond donors (Lipinski definition) is 2. The largest absolute Gasteiger partial charge is 0.356 e. The molecule has 6 heteroatoms. The van der Waals surface area contributed by atoms with Crippen LogP contribution in [-0.2, 0) is 4.79 Å². The third kappa shape index (κ3) is 5.72. The van der Waals surface area contributed by atoms with Gasteiger partial charge in [-0.3, -0.25) is 9.79 Å². The zero-order valence-corrected chi connectivity index (χ0v) is 13.2. The molecule has 0 aromatic rings. The van der Waals surface area contributed by atoms with Crippen LogP contribution in [0.4, 0.5) is 0 Å². The van der Waals surface area contributed by atoms with Crippen LogP contribution < -0.4 is 10.6 Å². The molecule has 0 spiro atoms. The Morgan fingerprint density at radius 1 is 1.42 bits per heavy atom. The molecule has 0 bridgehead atoms. The van der Waals surface area contributed by atoms with Gasteiger partial charge in [-0.25, -0.2) is 0 Å². The second-order valence-electron chi connectivity index (χ2n) is 5.05. The fraction of sp³-hybridized carbons (Fsp3) is 0.846. The molecule has 1 rings (SSSR count). The second-order valence-corrected chi connectivity index (χ2v) is 6.19. The van der Waals surface area contributed by atoms with Gasteiger partial charge in [0, 0.05) is 45.4 Å². The van der Waals surface area contributed by atoms with Gasteiger partial charge in [0.1, 0.15) is 0 Å². The lowest BCUT2D eigenvalue weighted by Crippen LogP contribution is -2.43. The molecular weight excluding hydrogens is 260 g/mol. The molecule has 1 amide bonds. The summed E-state index contributed by atoms with van der Waals surface area (Å²) in [4.78, 5) is 17.3. The predicted molar refractivity (Wildman–Crippen MR) is 82.8 cm³/mol. The van der Waals surface area contributed by atoms with Crippen molar-refractivity contribution in [2.24, 2.45) is 4.99 Å². The number of nitrogens with zero attached hydrogens (tertiary/aromatic N) is 2. The average molecular weight is 286 g/mol. The molecule has 2 unspecified atom stereocenters. The average Bonchev–Trinajstić information content (AvgIpc) is 2.84. The Kier molecular flexibility index (Phi) is 7.05. The molecule has 0 radical (unpaired) electrons. The number of hydrogen-bond acceptors (Lipinski definition) is 3. The summed E-state index contributed by atoms with van der Waals surface area (Å²) in [5, 5.41) is 7.40. The molecule has 0 aromatic heterocycles. The maximum atomic E-state index is 11.5. The molecule has 0 heterocycles. The molecule has 0 aliphatic heterocycles. The summed E-state index contributed by atoms with van der Waals surface area (Å²) >= 11 is 1.95. The molecule has 110 valence electrons. The van der Waals surface area contributed by atoms with E-state index in [-0.39, 0.29) is 5.91 Å². The third-order valence-corrected chi connectivity index (χ3v) is 4.51. The highest BCUT2D eigenvalue weighted by molar-refractivity contribution is 7.99. The smallest absolute Gasteiger partial charge is 0.223 e. The van der Waals surface area contributed by atoms with Crippen molar-refractivity contribution in [1.29, 1.82) is 0 Å². The number of carbonyl (C=O) groups excluding carboxylic acids is 1. The van der Waals surface area contributed by atoms with Crippen LogP contribution in [0, 0.1) is 0 Å². The molecule has 0 aromatic carbocycles. The standard InChI is InChI=1S/C13H26N4OS/c1-14-13(15-8-7-12(18)17(2)3)16-10-5-6-11(9-10)19-4/h10-11H,5-9H2,1-4H3,(H2,14,15,16). The summed E-state index contributed by atoms with van der Waals surface area (Å²) in [7, 11) is 5.32. The number of guanidine groups is 1. The van der Waals surface area contributed by atoms with Gasteiger partial charge in [0.25, 0.3) is 0 Å². The van der Waals surface area contributed by atoms with E-state index in [1.807, 2.05) is 11.8 Å². The molecule has 2 atom stereocenters. The lowest BCUT2D eigenvalue weighted by atomic mass is 10.2. The molecule has 1 fully saturated rings. The van der Waals surface area contributed by atoms with E-state index in [4.69, 9.17) is 0 Å². The first-order chi connectivity index (χ1) is 9.06. The normalized spacial score (nSPS) is 23.3. The Bertz CT molecular complexity index is 320. The van der Waals surface area contributed by atoms with Crippen molar-refractivity contribution in [2.75, 3.05) is 33.9 Å². The maximum absolute atomic E-state index is 11.5. The van der Waals surface area contributed by atoms with Gasteiger partial charge in [-0.1, -0.05) is 0 Å². The Morgan fingerprint density at radius 2 is 2.16 bits per heavy atom. The first kappa shape index (κ1) is 16.1. The van der Waals surface area contributed by atoms with Crippen molar-refractivity contribution in [3.63, 3.8) is 0 Å². The van der Waals surface area contributed by atoms with Crippen LogP contribution in [0.2, 0.25) is 0 Å². The van der Waals surface area contributed by atoms with E-state index in [0.717, 1.165) is 11.2 Å². The summed E-state index contributed by atoms with van der Waals surface area (Å²) in [6.45, 7) is 0.620. The molecule has 2 N–H and O–H groups in total. The SMILES string of the molecule is CN=C(NCCC(=O)N(C)C)NC1CCC(SC)C1. The van der Waals surface area contributed by atoms with Gasteiger partial charge in [0.2, 0.25) is 5.91 Å². The summed E-state index contributed by atoms with van der Waals surface area (Å²) < 4.78 is 0. The molecule has 1 saturated carbocycles. The van der Waals surface area contributed by atoms with Crippen molar-refractivity contribution >= 4 is 23.6 Å². The van der Waals surface area contributed by atoms with E-state index in [1.165, 1.54) is 19.3 Å². The van der Waals surface area contributed by atoms with Gasteiger partial charge >= 0.3 is 0 Å². The van der Waals surface area contributed by atoms with E-state index in [2.05, 4.69) is 21.9 Å². The Labute approximate surface area is 120 Å². The summed E-state index contributed by atoms with van der Waals surface area (Å²) in [6.07, 6.45) is 6.33. The van der Waals surface area contributed by atoms with Crippen LogP contribution in [0.1, 0.15) is 25.7 Å². The van der Waals surface area contributed by atoms with Gasteiger partial charge in [-0.15, -0.1) is 0 Å². The quantitative estimate of drug-likeness (QED) is 0.583. The van der Waals surface area contributed by atoms with Gasteiger partial charge in [0.05, 0.1) is 0 Å². The lowest BCUT2D eigenvalue weighted by Gasteiger charge is -2.17. The molecule has 1 aliphatic carbocycles. The molecule has 5 nitrogen and oxygen atoms in total. The molecule has 0 saturated heterocycles. The van der Waals surface area contributed by atoms with E-state index < -0.39 is 0 Å². The highest BCUT2D eigenvalue weighted by Gasteiger charge is 2.24. The zero-order valence-electron chi connectivity index (χ0n) is 12.4. The number of rotatable bonds is 5. The monoisotopic (exact) mass is 286 g/mol. The van der Waals surface area contributed by atoms with E-state index in [1.54, 1.807) is 26.0 Å². The van der Waals surface area contributed by atoms with Gasteiger partial charge in [-0.05, 0) is 25.5 Å². The number of amides is 1. The molecular formula is C13H26N4OS. The highest BCUT2D eigenvalue weighted by Crippen LogP contribution is 2.27. The summed E-state index contributed by atoms with van der Waals surface area (Å²) in [5.41, 5.74) is 0. The fourth-order valence-corrected chi connectivity index (χ4v) is 2.98. The fourth-order valence-electron chi connectivity index (χ4n) is 2.18. The van der Waals surface area contributed by atoms with Gasteiger partial charge in [-0.2, -0.15) is 11.8 Å². The van der Waals surface area contributed by atoms with Crippen LogP contribution >= 0.6 is 11.8 Å². The zero-order chi connectivity index (χ0) is 14.3. The minimum Gasteiger partial charge on any atom is -0.356 e. The Hall–Kier alpha value is -0.910. The van der Waals surface area contributed by atoms with Crippen molar-refractivity contribution < 1.29 is 4.79 Å². The number of carbonyl (C=O) groups is 1. The highest BCUT2D eigenvalue weighted by atomic mass is 32.2. The van der Waals surface area contributed by atoms with E-state index in [9.17, 15) is 4.79 Å².